The van der Waals surface area contributed by atoms with Crippen LogP contribution in [0.25, 0.3) is 5.65 Å². The predicted molar refractivity (Wildman–Crippen MR) is 123 cm³/mol. The normalized spacial score (nSPS) is 17.8. The smallest absolute Gasteiger partial charge is 0.223 e. The highest BCUT2D eigenvalue weighted by molar-refractivity contribution is 5.76. The molecule has 2 saturated heterocycles. The molecule has 4 heterocycles. The quantitative estimate of drug-likeness (QED) is 0.595. The van der Waals surface area contributed by atoms with Gasteiger partial charge >= 0.3 is 0 Å². The maximum atomic E-state index is 12.8. The van der Waals surface area contributed by atoms with Crippen molar-refractivity contribution in [2.45, 2.75) is 38.6 Å². The zero-order chi connectivity index (χ0) is 21.8. The van der Waals surface area contributed by atoms with Gasteiger partial charge in [0.25, 0.3) is 0 Å². The minimum Gasteiger partial charge on any atom is -0.355 e. The van der Waals surface area contributed by atoms with Crippen molar-refractivity contribution in [3.8, 4) is 0 Å². The molecular formula is C24H31N7O. The maximum Gasteiger partial charge on any atom is 0.223 e. The summed E-state index contributed by atoms with van der Waals surface area (Å²) in [5.41, 5.74) is 2.06. The Hall–Kier alpha value is -3.00. The van der Waals surface area contributed by atoms with Gasteiger partial charge in [0.05, 0.1) is 0 Å². The van der Waals surface area contributed by atoms with E-state index in [-0.39, 0.29) is 5.91 Å². The first-order chi connectivity index (χ1) is 15.8. The van der Waals surface area contributed by atoms with Crippen molar-refractivity contribution in [3.05, 3.63) is 53.9 Å². The minimum atomic E-state index is 0.188. The van der Waals surface area contributed by atoms with Crippen molar-refractivity contribution < 1.29 is 4.79 Å². The molecule has 0 N–H and O–H groups in total. The summed E-state index contributed by atoms with van der Waals surface area (Å²) in [6.07, 6.45) is 4.71. The minimum absolute atomic E-state index is 0.188. The van der Waals surface area contributed by atoms with Crippen LogP contribution in [-0.2, 0) is 17.8 Å². The van der Waals surface area contributed by atoms with Crippen molar-refractivity contribution in [1.82, 2.24) is 29.6 Å². The van der Waals surface area contributed by atoms with Crippen molar-refractivity contribution in [2.75, 3.05) is 44.2 Å². The molecule has 0 saturated carbocycles. The third-order valence-electron chi connectivity index (χ3n) is 6.53. The van der Waals surface area contributed by atoms with Gasteiger partial charge in [0.1, 0.15) is 5.82 Å². The number of aromatic nitrogens is 4. The van der Waals surface area contributed by atoms with E-state index in [1.54, 1.807) is 0 Å². The fourth-order valence-electron chi connectivity index (χ4n) is 4.65. The van der Waals surface area contributed by atoms with Gasteiger partial charge in [-0.05, 0) is 37.0 Å². The van der Waals surface area contributed by atoms with E-state index in [9.17, 15) is 4.79 Å². The van der Waals surface area contributed by atoms with Crippen LogP contribution in [0, 0.1) is 0 Å². The molecular weight excluding hydrogens is 402 g/mol. The Morgan fingerprint density at radius 2 is 1.62 bits per heavy atom. The number of hydrogen-bond acceptors (Lipinski definition) is 6. The van der Waals surface area contributed by atoms with Crippen molar-refractivity contribution in [2.24, 2.45) is 0 Å². The van der Waals surface area contributed by atoms with Crippen LogP contribution in [0.5, 0.6) is 0 Å². The number of piperidine rings is 1. The molecule has 32 heavy (non-hydrogen) atoms. The van der Waals surface area contributed by atoms with Gasteiger partial charge in [0.2, 0.25) is 5.91 Å². The topological polar surface area (TPSA) is 69.9 Å². The zero-order valence-corrected chi connectivity index (χ0v) is 18.6. The molecule has 8 nitrogen and oxygen atoms in total. The number of anilines is 1. The highest BCUT2D eigenvalue weighted by atomic mass is 16.2. The Morgan fingerprint density at radius 1 is 0.844 bits per heavy atom. The number of carbonyl (C=O) groups is 1. The molecule has 0 radical (unpaired) electrons. The molecule has 0 aliphatic carbocycles. The van der Waals surface area contributed by atoms with Gasteiger partial charge in [0, 0.05) is 58.7 Å². The number of amides is 1. The lowest BCUT2D eigenvalue weighted by atomic mass is 10.1. The Morgan fingerprint density at radius 3 is 2.41 bits per heavy atom. The van der Waals surface area contributed by atoms with Crippen LogP contribution in [0.4, 0.5) is 5.82 Å². The van der Waals surface area contributed by atoms with Crippen LogP contribution in [0.15, 0.2) is 42.5 Å². The second-order valence-corrected chi connectivity index (χ2v) is 8.77. The van der Waals surface area contributed by atoms with Crippen molar-refractivity contribution in [1.29, 1.82) is 0 Å². The highest BCUT2D eigenvalue weighted by Crippen LogP contribution is 2.18. The summed E-state index contributed by atoms with van der Waals surface area (Å²) in [5.74, 6) is 1.92. The Labute approximate surface area is 188 Å². The monoisotopic (exact) mass is 433 g/mol. The first-order valence-electron chi connectivity index (χ1n) is 11.8. The standard InChI is InChI=1S/C24H31N7O/c32-24(30-17-15-28(16-18-30)19-20-7-3-1-4-8-20)12-11-22-26-25-21-9-10-23(27-31(21)22)29-13-5-2-6-14-29/h1,3-4,7-10H,2,5-6,11-19H2. The first kappa shape index (κ1) is 20.9. The Balaban J connectivity index is 1.15. The summed E-state index contributed by atoms with van der Waals surface area (Å²) in [5, 5.41) is 13.3. The van der Waals surface area contributed by atoms with Crippen LogP contribution >= 0.6 is 0 Å². The molecule has 168 valence electrons. The molecule has 2 fully saturated rings. The van der Waals surface area contributed by atoms with Gasteiger partial charge in [-0.15, -0.1) is 15.3 Å². The van der Waals surface area contributed by atoms with E-state index in [1.165, 1.54) is 24.8 Å². The largest absolute Gasteiger partial charge is 0.355 e. The molecule has 2 aromatic heterocycles. The molecule has 0 spiro atoms. The summed E-state index contributed by atoms with van der Waals surface area (Å²) in [7, 11) is 0. The molecule has 2 aliphatic heterocycles. The number of piperazine rings is 1. The average molecular weight is 434 g/mol. The van der Waals surface area contributed by atoms with Crippen LogP contribution in [-0.4, -0.2) is 74.8 Å². The number of hydrogen-bond donors (Lipinski definition) is 0. The van der Waals surface area contributed by atoms with Crippen LogP contribution in [0.1, 0.15) is 37.1 Å². The Kier molecular flexibility index (Phi) is 6.29. The van der Waals surface area contributed by atoms with Gasteiger partial charge < -0.3 is 9.80 Å². The van der Waals surface area contributed by atoms with E-state index < -0.39 is 0 Å². The summed E-state index contributed by atoms with van der Waals surface area (Å²) >= 11 is 0. The van der Waals surface area contributed by atoms with Gasteiger partial charge in [0.15, 0.2) is 11.5 Å². The summed E-state index contributed by atoms with van der Waals surface area (Å²) < 4.78 is 1.81. The van der Waals surface area contributed by atoms with E-state index in [0.29, 0.717) is 12.8 Å². The lowest BCUT2D eigenvalue weighted by molar-refractivity contribution is -0.133. The molecule has 0 atom stereocenters. The average Bonchev–Trinajstić information content (AvgIpc) is 3.26. The van der Waals surface area contributed by atoms with E-state index in [2.05, 4.69) is 44.3 Å². The summed E-state index contributed by atoms with van der Waals surface area (Å²) in [4.78, 5) is 19.6. The summed E-state index contributed by atoms with van der Waals surface area (Å²) in [6, 6.07) is 14.5. The van der Waals surface area contributed by atoms with Gasteiger partial charge in [-0.2, -0.15) is 4.52 Å². The molecule has 1 aromatic carbocycles. The van der Waals surface area contributed by atoms with Crippen molar-refractivity contribution >= 4 is 17.4 Å². The third-order valence-corrected chi connectivity index (χ3v) is 6.53. The number of rotatable bonds is 6. The van der Waals surface area contributed by atoms with Crippen molar-refractivity contribution in [3.63, 3.8) is 0 Å². The molecule has 0 bridgehead atoms. The number of benzene rings is 1. The van der Waals surface area contributed by atoms with Crippen LogP contribution in [0.2, 0.25) is 0 Å². The maximum absolute atomic E-state index is 12.8. The SMILES string of the molecule is O=C(CCc1nnc2ccc(N3CCCCC3)nn12)N1CCN(Cc2ccccc2)CC1. The third kappa shape index (κ3) is 4.75. The predicted octanol–water partition coefficient (Wildman–Crippen LogP) is 2.39. The summed E-state index contributed by atoms with van der Waals surface area (Å²) in [6.45, 7) is 6.42. The van der Waals surface area contributed by atoms with Gasteiger partial charge in [-0.1, -0.05) is 30.3 Å². The fraction of sp³-hybridized carbons (Fsp3) is 0.500. The molecule has 1 amide bonds. The molecule has 8 heteroatoms. The first-order valence-corrected chi connectivity index (χ1v) is 11.8. The fourth-order valence-corrected chi connectivity index (χ4v) is 4.65. The lowest BCUT2D eigenvalue weighted by Gasteiger charge is -2.34. The molecule has 0 unspecified atom stereocenters. The number of carbonyl (C=O) groups excluding carboxylic acids is 1. The number of nitrogens with zero attached hydrogens (tertiary/aromatic N) is 7. The van der Waals surface area contributed by atoms with Gasteiger partial charge in [-0.3, -0.25) is 9.69 Å². The molecule has 2 aliphatic rings. The zero-order valence-electron chi connectivity index (χ0n) is 18.6. The van der Waals surface area contributed by atoms with Gasteiger partial charge in [-0.25, -0.2) is 0 Å². The number of aryl methyl sites for hydroxylation is 1. The second-order valence-electron chi connectivity index (χ2n) is 8.77. The Bertz CT molecular complexity index is 1040. The van der Waals surface area contributed by atoms with E-state index in [4.69, 9.17) is 5.10 Å². The van der Waals surface area contributed by atoms with Crippen LogP contribution < -0.4 is 4.90 Å². The molecule has 3 aromatic rings. The second kappa shape index (κ2) is 9.65. The molecule has 5 rings (SSSR count). The van der Waals surface area contributed by atoms with Crippen LogP contribution in [0.3, 0.4) is 0 Å². The highest BCUT2D eigenvalue weighted by Gasteiger charge is 2.22. The number of fused-ring (bicyclic) bond motifs is 1. The van der Waals surface area contributed by atoms with E-state index >= 15 is 0 Å². The lowest BCUT2D eigenvalue weighted by Crippen LogP contribution is -2.48. The van der Waals surface area contributed by atoms with E-state index in [1.807, 2.05) is 27.6 Å². The van der Waals surface area contributed by atoms with E-state index in [0.717, 1.165) is 63.1 Å².